The minimum absolute atomic E-state index is 0.456. The van der Waals surface area contributed by atoms with Gasteiger partial charge in [-0.15, -0.1) is 0 Å². The van der Waals surface area contributed by atoms with Crippen LogP contribution in [0.2, 0.25) is 0 Å². The van der Waals surface area contributed by atoms with Crippen LogP contribution in [0.3, 0.4) is 0 Å². The third kappa shape index (κ3) is 3.45. The fourth-order valence-electron chi connectivity index (χ4n) is 2.60. The van der Waals surface area contributed by atoms with Crippen molar-refractivity contribution in [2.75, 3.05) is 28.4 Å². The highest BCUT2D eigenvalue weighted by Gasteiger charge is 2.22. The largest absolute Gasteiger partial charge is 0.496 e. The first kappa shape index (κ1) is 18.4. The predicted octanol–water partition coefficient (Wildman–Crippen LogP) is 3.16. The van der Waals surface area contributed by atoms with Crippen LogP contribution < -0.4 is 18.9 Å². The maximum Gasteiger partial charge on any atom is 0.331 e. The molecule has 0 bridgehead atoms. The van der Waals surface area contributed by atoms with Crippen molar-refractivity contribution in [2.45, 2.75) is 13.8 Å². The maximum atomic E-state index is 11.0. The number of carbonyl (C=O) groups is 1. The Balaban J connectivity index is 2.90. The minimum atomic E-state index is -0.509. The van der Waals surface area contributed by atoms with Crippen molar-refractivity contribution in [3.05, 3.63) is 23.8 Å². The van der Waals surface area contributed by atoms with Crippen molar-refractivity contribution in [3.63, 3.8) is 0 Å². The Bertz CT molecular complexity index is 828. The number of rotatable bonds is 6. The smallest absolute Gasteiger partial charge is 0.331 e. The average Bonchev–Trinajstić information content (AvgIpc) is 2.63. The molecule has 7 nitrogen and oxygen atoms in total. The monoisotopic (exact) mass is 347 g/mol. The molecule has 0 heterocycles. The summed E-state index contributed by atoms with van der Waals surface area (Å²) in [7, 11) is 6.25. The van der Waals surface area contributed by atoms with Crippen molar-refractivity contribution in [1.82, 2.24) is 0 Å². The topological polar surface area (TPSA) is 75.6 Å². The number of hydrogen-bond acceptors (Lipinski definition) is 7. The van der Waals surface area contributed by atoms with Gasteiger partial charge in [0.15, 0.2) is 0 Å². The van der Waals surface area contributed by atoms with Gasteiger partial charge in [0, 0.05) is 12.5 Å². The number of hydrogen-bond donors (Lipinski definition) is 0. The quantitative estimate of drug-likeness (QED) is 0.454. The van der Waals surface area contributed by atoms with Crippen molar-refractivity contribution >= 4 is 22.5 Å². The van der Waals surface area contributed by atoms with Gasteiger partial charge in [-0.3, -0.25) is 0 Å². The van der Waals surface area contributed by atoms with E-state index in [2.05, 4.69) is 5.16 Å². The molecule has 0 atom stereocenters. The first-order valence-corrected chi connectivity index (χ1v) is 7.50. The zero-order valence-corrected chi connectivity index (χ0v) is 15.1. The van der Waals surface area contributed by atoms with Crippen LogP contribution in [0.4, 0.5) is 0 Å². The number of methoxy groups -OCH3 is 4. The third-order valence-corrected chi connectivity index (χ3v) is 3.69. The number of oxime groups is 1. The zero-order chi connectivity index (χ0) is 18.6. The first-order valence-electron chi connectivity index (χ1n) is 7.50. The van der Waals surface area contributed by atoms with Crippen LogP contribution in [0.1, 0.15) is 19.4 Å². The maximum absolute atomic E-state index is 11.0. The highest BCUT2D eigenvalue weighted by Crippen LogP contribution is 2.46. The van der Waals surface area contributed by atoms with E-state index in [1.165, 1.54) is 6.92 Å². The molecule has 0 aliphatic rings. The Morgan fingerprint density at radius 3 is 1.88 bits per heavy atom. The molecular formula is C18H21NO6. The molecule has 0 saturated carbocycles. The average molecular weight is 347 g/mol. The molecular weight excluding hydrogens is 326 g/mol. The molecule has 0 radical (unpaired) electrons. The Morgan fingerprint density at radius 2 is 1.40 bits per heavy atom. The van der Waals surface area contributed by atoms with E-state index in [-0.39, 0.29) is 0 Å². The lowest BCUT2D eigenvalue weighted by Crippen LogP contribution is -2.05. The summed E-state index contributed by atoms with van der Waals surface area (Å²) in [5.74, 6) is 1.77. The lowest BCUT2D eigenvalue weighted by atomic mass is 9.99. The van der Waals surface area contributed by atoms with Crippen LogP contribution in [-0.4, -0.2) is 40.1 Å². The number of benzene rings is 2. The number of ether oxygens (including phenoxy) is 4. The Kier molecular flexibility index (Phi) is 5.69. The summed E-state index contributed by atoms with van der Waals surface area (Å²) in [4.78, 5) is 15.8. The Labute approximate surface area is 146 Å². The van der Waals surface area contributed by atoms with E-state index in [1.807, 2.05) is 0 Å². The van der Waals surface area contributed by atoms with Crippen molar-refractivity contribution < 1.29 is 28.6 Å². The van der Waals surface area contributed by atoms with Gasteiger partial charge in [0.25, 0.3) is 0 Å². The second-order valence-corrected chi connectivity index (χ2v) is 5.14. The van der Waals surface area contributed by atoms with Crippen molar-refractivity contribution in [3.8, 4) is 23.0 Å². The first-order chi connectivity index (χ1) is 12.0. The molecule has 25 heavy (non-hydrogen) atoms. The molecule has 7 heteroatoms. The normalized spacial score (nSPS) is 11.2. The van der Waals surface area contributed by atoms with E-state index in [9.17, 15) is 4.79 Å². The Morgan fingerprint density at radius 1 is 0.840 bits per heavy atom. The van der Waals surface area contributed by atoms with Crippen molar-refractivity contribution in [2.24, 2.45) is 5.16 Å². The van der Waals surface area contributed by atoms with Crippen LogP contribution in [0.5, 0.6) is 23.0 Å². The van der Waals surface area contributed by atoms with E-state index >= 15 is 0 Å². The van der Waals surface area contributed by atoms with Crippen LogP contribution in [-0.2, 0) is 9.63 Å². The van der Waals surface area contributed by atoms with Gasteiger partial charge in [-0.05, 0) is 25.1 Å². The molecule has 0 amide bonds. The summed E-state index contributed by atoms with van der Waals surface area (Å²) in [6.07, 6.45) is 0. The minimum Gasteiger partial charge on any atom is -0.496 e. The molecule has 0 spiro atoms. The molecule has 0 unspecified atom stereocenters. The van der Waals surface area contributed by atoms with E-state index in [0.29, 0.717) is 45.0 Å². The lowest BCUT2D eigenvalue weighted by Gasteiger charge is -2.18. The fraction of sp³-hybridized carbons (Fsp3) is 0.333. The SMILES string of the molecule is COc1ccc(OC)c2c(OC)c(C(C)=NOC(C)=O)cc(OC)c12. The molecule has 134 valence electrons. The third-order valence-electron chi connectivity index (χ3n) is 3.69. The highest BCUT2D eigenvalue weighted by atomic mass is 16.7. The summed E-state index contributed by atoms with van der Waals surface area (Å²) in [5, 5.41) is 5.23. The molecule has 2 aromatic rings. The molecule has 2 aromatic carbocycles. The van der Waals surface area contributed by atoms with Gasteiger partial charge in [-0.25, -0.2) is 4.79 Å². The molecule has 0 aliphatic heterocycles. The van der Waals surface area contributed by atoms with Crippen LogP contribution >= 0.6 is 0 Å². The molecule has 0 aliphatic carbocycles. The number of nitrogens with zero attached hydrogens (tertiary/aromatic N) is 1. The molecule has 0 fully saturated rings. The van der Waals surface area contributed by atoms with Gasteiger partial charge >= 0.3 is 5.97 Å². The number of fused-ring (bicyclic) bond motifs is 1. The Hall–Kier alpha value is -2.96. The summed E-state index contributed by atoms with van der Waals surface area (Å²) in [6, 6.07) is 5.33. The van der Waals surface area contributed by atoms with Gasteiger partial charge in [0.05, 0.1) is 44.9 Å². The van der Waals surface area contributed by atoms with E-state index in [0.717, 1.165) is 0 Å². The predicted molar refractivity (Wildman–Crippen MR) is 94.1 cm³/mol. The van der Waals surface area contributed by atoms with Crippen LogP contribution in [0, 0.1) is 0 Å². The molecule has 2 rings (SSSR count). The van der Waals surface area contributed by atoms with Gasteiger partial charge in [0.2, 0.25) is 0 Å². The summed E-state index contributed by atoms with van der Waals surface area (Å²) >= 11 is 0. The van der Waals surface area contributed by atoms with Crippen LogP contribution in [0.15, 0.2) is 23.4 Å². The fourth-order valence-corrected chi connectivity index (χ4v) is 2.60. The number of carbonyl (C=O) groups excluding carboxylic acids is 1. The van der Waals surface area contributed by atoms with Gasteiger partial charge in [-0.2, -0.15) is 0 Å². The zero-order valence-electron chi connectivity index (χ0n) is 15.1. The highest BCUT2D eigenvalue weighted by molar-refractivity contribution is 6.11. The lowest BCUT2D eigenvalue weighted by molar-refractivity contribution is -0.140. The molecule has 0 saturated heterocycles. The second kappa shape index (κ2) is 7.74. The van der Waals surface area contributed by atoms with Crippen LogP contribution in [0.25, 0.3) is 10.8 Å². The summed E-state index contributed by atoms with van der Waals surface area (Å²) in [5.41, 5.74) is 1.07. The van der Waals surface area contributed by atoms with Gasteiger partial charge in [-0.1, -0.05) is 5.16 Å². The van der Waals surface area contributed by atoms with E-state index in [4.69, 9.17) is 23.8 Å². The molecule has 0 N–H and O–H groups in total. The standard InChI is InChI=1S/C18H21NO6/c1-10(19-25-11(2)20)12-9-15(23-5)16-13(21-3)7-8-14(22-4)17(16)18(12)24-6/h7-9H,1-6H3. The van der Waals surface area contributed by atoms with Gasteiger partial charge < -0.3 is 23.8 Å². The van der Waals surface area contributed by atoms with Gasteiger partial charge in [0.1, 0.15) is 23.0 Å². The summed E-state index contributed by atoms with van der Waals surface area (Å²) < 4.78 is 22.1. The molecule has 0 aromatic heterocycles. The van der Waals surface area contributed by atoms with Crippen molar-refractivity contribution in [1.29, 1.82) is 0 Å². The van der Waals surface area contributed by atoms with E-state index in [1.54, 1.807) is 53.6 Å². The second-order valence-electron chi connectivity index (χ2n) is 5.14. The van der Waals surface area contributed by atoms with E-state index < -0.39 is 5.97 Å². The summed E-state index contributed by atoms with van der Waals surface area (Å²) in [6.45, 7) is 2.99.